The second-order valence-corrected chi connectivity index (χ2v) is 5.08. The Morgan fingerprint density at radius 1 is 1.41 bits per heavy atom. The lowest BCUT2D eigenvalue weighted by molar-refractivity contribution is -0.122. The quantitative estimate of drug-likeness (QED) is 0.728. The first-order chi connectivity index (χ1) is 8.15. The molecule has 1 rings (SSSR count). The summed E-state index contributed by atoms with van der Waals surface area (Å²) in [6, 6.07) is 1.26. The molecule has 0 radical (unpaired) electrons. The highest BCUT2D eigenvalue weighted by Crippen LogP contribution is 2.11. The molecule has 1 aliphatic heterocycles. The van der Waals surface area contributed by atoms with Crippen LogP contribution in [0, 0.1) is 0 Å². The fraction of sp³-hybridized carbons (Fsp3) is 0.923. The minimum atomic E-state index is 0.121. The summed E-state index contributed by atoms with van der Waals surface area (Å²) in [7, 11) is 1.70. The van der Waals surface area contributed by atoms with Gasteiger partial charge in [0.1, 0.15) is 0 Å². The molecule has 1 aliphatic rings. The van der Waals surface area contributed by atoms with E-state index in [0.29, 0.717) is 18.6 Å². The number of nitrogens with one attached hydrogen (secondary N) is 2. The van der Waals surface area contributed by atoms with Gasteiger partial charge in [-0.1, -0.05) is 13.3 Å². The van der Waals surface area contributed by atoms with Gasteiger partial charge in [0, 0.05) is 32.2 Å². The molecule has 17 heavy (non-hydrogen) atoms. The van der Waals surface area contributed by atoms with Gasteiger partial charge < -0.3 is 10.6 Å². The molecule has 1 atom stereocenters. The number of hydrogen-bond acceptors (Lipinski definition) is 3. The van der Waals surface area contributed by atoms with Crippen molar-refractivity contribution in [3.05, 3.63) is 0 Å². The summed E-state index contributed by atoms with van der Waals surface area (Å²) in [5, 5.41) is 6.36. The summed E-state index contributed by atoms with van der Waals surface area (Å²) in [6.45, 7) is 7.10. The van der Waals surface area contributed by atoms with Gasteiger partial charge in [-0.25, -0.2) is 0 Å². The van der Waals surface area contributed by atoms with E-state index in [-0.39, 0.29) is 5.91 Å². The molecule has 4 nitrogen and oxygen atoms in total. The van der Waals surface area contributed by atoms with Crippen LogP contribution in [0.15, 0.2) is 0 Å². The van der Waals surface area contributed by atoms with Gasteiger partial charge in [-0.15, -0.1) is 0 Å². The van der Waals surface area contributed by atoms with Crippen molar-refractivity contribution < 1.29 is 4.79 Å². The minimum Gasteiger partial charge on any atom is -0.358 e. The fourth-order valence-electron chi connectivity index (χ4n) is 2.46. The lowest BCUT2D eigenvalue weighted by Crippen LogP contribution is -2.47. The number of amides is 1. The predicted molar refractivity (Wildman–Crippen MR) is 71.0 cm³/mol. The summed E-state index contributed by atoms with van der Waals surface area (Å²) in [5.74, 6) is 0.121. The molecule has 1 heterocycles. The highest BCUT2D eigenvalue weighted by molar-refractivity contribution is 5.77. The Kier molecular flexibility index (Phi) is 6.52. The van der Waals surface area contributed by atoms with Gasteiger partial charge in [-0.05, 0) is 26.2 Å². The zero-order valence-corrected chi connectivity index (χ0v) is 11.5. The van der Waals surface area contributed by atoms with E-state index in [0.717, 1.165) is 25.9 Å². The predicted octanol–water partition coefficient (Wildman–Crippen LogP) is 0.975. The Morgan fingerprint density at radius 3 is 2.59 bits per heavy atom. The second kappa shape index (κ2) is 7.67. The van der Waals surface area contributed by atoms with Crippen molar-refractivity contribution >= 4 is 5.91 Å². The molecule has 0 aliphatic carbocycles. The Labute approximate surface area is 105 Å². The molecular weight excluding hydrogens is 214 g/mol. The maximum atomic E-state index is 11.3. The molecule has 0 aromatic carbocycles. The van der Waals surface area contributed by atoms with Crippen molar-refractivity contribution in [2.75, 3.05) is 26.7 Å². The molecule has 4 heteroatoms. The van der Waals surface area contributed by atoms with Crippen molar-refractivity contribution in [2.24, 2.45) is 0 Å². The van der Waals surface area contributed by atoms with Gasteiger partial charge in [0.2, 0.25) is 5.91 Å². The van der Waals surface area contributed by atoms with Crippen LogP contribution in [0.4, 0.5) is 0 Å². The molecule has 1 saturated heterocycles. The lowest BCUT2D eigenvalue weighted by Gasteiger charge is -2.33. The maximum Gasteiger partial charge on any atom is 0.233 e. The molecule has 2 N–H and O–H groups in total. The van der Waals surface area contributed by atoms with Gasteiger partial charge in [-0.3, -0.25) is 9.69 Å². The molecule has 0 saturated carbocycles. The van der Waals surface area contributed by atoms with E-state index in [1.807, 2.05) is 0 Å². The van der Waals surface area contributed by atoms with Crippen LogP contribution in [0.5, 0.6) is 0 Å². The molecule has 0 aromatic heterocycles. The second-order valence-electron chi connectivity index (χ2n) is 5.08. The molecule has 0 aromatic rings. The molecule has 0 bridgehead atoms. The fourth-order valence-corrected chi connectivity index (χ4v) is 2.46. The first-order valence-corrected chi connectivity index (χ1v) is 6.84. The molecule has 1 amide bonds. The topological polar surface area (TPSA) is 44.4 Å². The number of piperidine rings is 1. The molecular formula is C13H27N3O. The first-order valence-electron chi connectivity index (χ1n) is 6.84. The van der Waals surface area contributed by atoms with Gasteiger partial charge in [0.15, 0.2) is 0 Å². The van der Waals surface area contributed by atoms with E-state index >= 15 is 0 Å². The standard InChI is InChI=1S/C13H27N3O/c1-4-5-11(2)15-12-6-8-16(9-7-12)10-13(17)14-3/h11-12,15H,4-10H2,1-3H3,(H,14,17). The van der Waals surface area contributed by atoms with Crippen LogP contribution in [0.1, 0.15) is 39.5 Å². The van der Waals surface area contributed by atoms with Crippen molar-refractivity contribution in [2.45, 2.75) is 51.6 Å². The highest BCUT2D eigenvalue weighted by atomic mass is 16.1. The summed E-state index contributed by atoms with van der Waals surface area (Å²) in [4.78, 5) is 13.5. The van der Waals surface area contributed by atoms with Crippen LogP contribution in [0.3, 0.4) is 0 Å². The number of carbonyl (C=O) groups is 1. The Morgan fingerprint density at radius 2 is 2.06 bits per heavy atom. The number of rotatable bonds is 6. The van der Waals surface area contributed by atoms with E-state index < -0.39 is 0 Å². The average molecular weight is 241 g/mol. The van der Waals surface area contributed by atoms with Crippen molar-refractivity contribution in [3.8, 4) is 0 Å². The lowest BCUT2D eigenvalue weighted by atomic mass is 10.0. The first kappa shape index (κ1) is 14.5. The van der Waals surface area contributed by atoms with Crippen LogP contribution >= 0.6 is 0 Å². The van der Waals surface area contributed by atoms with Crippen LogP contribution < -0.4 is 10.6 Å². The smallest absolute Gasteiger partial charge is 0.233 e. The summed E-state index contributed by atoms with van der Waals surface area (Å²) in [5.41, 5.74) is 0. The number of likely N-dealkylation sites (N-methyl/N-ethyl adjacent to an activating group) is 1. The SMILES string of the molecule is CCCC(C)NC1CCN(CC(=O)NC)CC1. The van der Waals surface area contributed by atoms with E-state index in [1.54, 1.807) is 7.05 Å². The van der Waals surface area contributed by atoms with E-state index in [9.17, 15) is 4.79 Å². The number of hydrogen-bond donors (Lipinski definition) is 2. The van der Waals surface area contributed by atoms with E-state index in [1.165, 1.54) is 12.8 Å². The third-order valence-electron chi connectivity index (χ3n) is 3.48. The number of carbonyl (C=O) groups excluding carboxylic acids is 1. The van der Waals surface area contributed by atoms with Crippen LogP contribution in [0.25, 0.3) is 0 Å². The third kappa shape index (κ3) is 5.50. The normalized spacial score (nSPS) is 20.2. The van der Waals surface area contributed by atoms with Gasteiger partial charge in [0.25, 0.3) is 0 Å². The third-order valence-corrected chi connectivity index (χ3v) is 3.48. The van der Waals surface area contributed by atoms with Crippen molar-refractivity contribution in [3.63, 3.8) is 0 Å². The van der Waals surface area contributed by atoms with E-state index in [2.05, 4.69) is 29.4 Å². The van der Waals surface area contributed by atoms with Crippen LogP contribution in [-0.2, 0) is 4.79 Å². The summed E-state index contributed by atoms with van der Waals surface area (Å²) < 4.78 is 0. The Hall–Kier alpha value is -0.610. The monoisotopic (exact) mass is 241 g/mol. The molecule has 0 spiro atoms. The summed E-state index contributed by atoms with van der Waals surface area (Å²) in [6.07, 6.45) is 4.80. The molecule has 1 fully saturated rings. The maximum absolute atomic E-state index is 11.3. The molecule has 1 unspecified atom stereocenters. The molecule has 100 valence electrons. The Bertz CT molecular complexity index is 225. The summed E-state index contributed by atoms with van der Waals surface area (Å²) >= 11 is 0. The van der Waals surface area contributed by atoms with Gasteiger partial charge in [0.05, 0.1) is 6.54 Å². The van der Waals surface area contributed by atoms with Gasteiger partial charge in [-0.2, -0.15) is 0 Å². The average Bonchev–Trinajstić information content (AvgIpc) is 2.32. The number of nitrogens with zero attached hydrogens (tertiary/aromatic N) is 1. The van der Waals surface area contributed by atoms with Crippen LogP contribution in [0.2, 0.25) is 0 Å². The van der Waals surface area contributed by atoms with Crippen molar-refractivity contribution in [1.82, 2.24) is 15.5 Å². The van der Waals surface area contributed by atoms with Crippen LogP contribution in [-0.4, -0.2) is 49.6 Å². The van der Waals surface area contributed by atoms with Crippen molar-refractivity contribution in [1.29, 1.82) is 0 Å². The minimum absolute atomic E-state index is 0.121. The Balaban J connectivity index is 2.19. The largest absolute Gasteiger partial charge is 0.358 e. The zero-order valence-electron chi connectivity index (χ0n) is 11.5. The number of likely N-dealkylation sites (tertiary alicyclic amines) is 1. The zero-order chi connectivity index (χ0) is 12.7. The van der Waals surface area contributed by atoms with E-state index in [4.69, 9.17) is 0 Å². The highest BCUT2D eigenvalue weighted by Gasteiger charge is 2.21. The van der Waals surface area contributed by atoms with Gasteiger partial charge >= 0.3 is 0 Å².